The lowest BCUT2D eigenvalue weighted by atomic mass is 9.88. The molecule has 4 unspecified atom stereocenters. The maximum atomic E-state index is 13.4. The van der Waals surface area contributed by atoms with Gasteiger partial charge in [-0.15, -0.1) is 10.1 Å². The van der Waals surface area contributed by atoms with Crippen LogP contribution >= 0.6 is 0 Å². The van der Waals surface area contributed by atoms with E-state index in [0.29, 0.717) is 50.5 Å². The molecule has 0 N–H and O–H groups in total. The fourth-order valence-corrected chi connectivity index (χ4v) is 6.12. The highest BCUT2D eigenvalue weighted by Crippen LogP contribution is 2.33. The van der Waals surface area contributed by atoms with Gasteiger partial charge in [0, 0.05) is 63.0 Å². The molecule has 0 aliphatic carbocycles. The molecule has 2 aliphatic rings. The van der Waals surface area contributed by atoms with Crippen LogP contribution in [0.3, 0.4) is 0 Å². The molecular formula is C38H36F2N2O6. The second-order valence-corrected chi connectivity index (χ2v) is 11.8. The molecule has 0 radical (unpaired) electrons. The summed E-state index contributed by atoms with van der Waals surface area (Å²) >= 11 is 0. The van der Waals surface area contributed by atoms with Crippen LogP contribution in [0, 0.1) is 11.6 Å². The van der Waals surface area contributed by atoms with Gasteiger partial charge >= 0.3 is 11.9 Å². The third-order valence-electron chi connectivity index (χ3n) is 8.48. The van der Waals surface area contributed by atoms with Crippen LogP contribution in [0.25, 0.3) is 0 Å². The normalized spacial score (nSPS) is 21.8. The number of carbonyl (C=O) groups is 2. The molecule has 0 saturated carbocycles. The molecule has 0 spiro atoms. The molecule has 0 bridgehead atoms. The molecule has 8 nitrogen and oxygen atoms in total. The first-order valence-corrected chi connectivity index (χ1v) is 16.0. The quantitative estimate of drug-likeness (QED) is 0.177. The summed E-state index contributed by atoms with van der Waals surface area (Å²) in [5.41, 5.74) is 2.04. The number of ether oxygens (including phenoxy) is 2. The molecule has 248 valence electrons. The Morgan fingerprint density at radius 2 is 0.938 bits per heavy atom. The van der Waals surface area contributed by atoms with Gasteiger partial charge in [-0.1, -0.05) is 60.7 Å². The van der Waals surface area contributed by atoms with Crippen LogP contribution < -0.4 is 9.47 Å². The second kappa shape index (κ2) is 15.7. The predicted octanol–water partition coefficient (Wildman–Crippen LogP) is 6.61. The SMILES string of the molecule is O=C(/C=C/C(=O)ON1CCC(Oc2ccc(F)cc2)C(c2ccccc2)C1)ON1CCC(Oc2ccc(F)cc2)C(c2ccccc2)C1. The number of halogens is 2. The van der Waals surface area contributed by atoms with Gasteiger partial charge in [-0.25, -0.2) is 18.4 Å². The lowest BCUT2D eigenvalue weighted by Crippen LogP contribution is -2.45. The monoisotopic (exact) mass is 654 g/mol. The number of hydroxylamine groups is 4. The van der Waals surface area contributed by atoms with Gasteiger partial charge in [0.05, 0.1) is 0 Å². The zero-order valence-corrected chi connectivity index (χ0v) is 26.2. The Labute approximate surface area is 278 Å². The van der Waals surface area contributed by atoms with E-state index in [1.54, 1.807) is 34.4 Å². The molecule has 2 aliphatic heterocycles. The highest BCUT2D eigenvalue weighted by atomic mass is 19.1. The van der Waals surface area contributed by atoms with Gasteiger partial charge in [-0.3, -0.25) is 0 Å². The van der Waals surface area contributed by atoms with Gasteiger partial charge in [0.15, 0.2) is 0 Å². The Kier molecular flexibility index (Phi) is 10.7. The van der Waals surface area contributed by atoms with Crippen LogP contribution in [-0.2, 0) is 19.3 Å². The minimum atomic E-state index is -0.703. The number of hydrogen-bond donors (Lipinski definition) is 0. The van der Waals surface area contributed by atoms with Gasteiger partial charge in [-0.05, 0) is 59.7 Å². The number of benzene rings is 4. The molecular weight excluding hydrogens is 618 g/mol. The molecule has 2 saturated heterocycles. The summed E-state index contributed by atoms with van der Waals surface area (Å²) in [6, 6.07) is 31.4. The van der Waals surface area contributed by atoms with Crippen LogP contribution in [0.4, 0.5) is 8.78 Å². The first-order chi connectivity index (χ1) is 23.4. The molecule has 48 heavy (non-hydrogen) atoms. The van der Waals surface area contributed by atoms with E-state index in [9.17, 15) is 18.4 Å². The largest absolute Gasteiger partial charge is 0.490 e. The fraction of sp³-hybridized carbons (Fsp3) is 0.263. The number of piperidine rings is 2. The van der Waals surface area contributed by atoms with Crippen LogP contribution in [0.2, 0.25) is 0 Å². The van der Waals surface area contributed by atoms with E-state index < -0.39 is 11.9 Å². The standard InChI is InChI=1S/C38H36F2N2O6/c39-29-11-15-31(16-12-29)45-35-21-23-41(25-33(35)27-7-3-1-4-8-27)47-37(43)19-20-38(44)48-42-24-22-36(46-32-17-13-30(40)14-18-32)34(26-42)28-9-5-2-6-10-28/h1-20,33-36H,21-26H2/b20-19+. The minimum absolute atomic E-state index is 0.126. The summed E-state index contributed by atoms with van der Waals surface area (Å²) in [5, 5.41) is 3.13. The Hall–Kier alpha value is -5.06. The van der Waals surface area contributed by atoms with Crippen molar-refractivity contribution in [1.29, 1.82) is 0 Å². The van der Waals surface area contributed by atoms with Gasteiger partial charge in [0.25, 0.3) is 0 Å². The van der Waals surface area contributed by atoms with E-state index in [1.807, 2.05) is 60.7 Å². The zero-order valence-electron chi connectivity index (χ0n) is 26.2. The number of hydrogen-bond acceptors (Lipinski definition) is 8. The molecule has 2 fully saturated rings. The van der Waals surface area contributed by atoms with Gasteiger partial charge in [0.2, 0.25) is 0 Å². The van der Waals surface area contributed by atoms with Gasteiger partial charge in [0.1, 0.15) is 35.3 Å². The smallest absolute Gasteiger partial charge is 0.349 e. The number of carbonyl (C=O) groups excluding carboxylic acids is 2. The Balaban J connectivity index is 1.03. The lowest BCUT2D eigenvalue weighted by molar-refractivity contribution is -0.196. The summed E-state index contributed by atoms with van der Waals surface area (Å²) in [6.45, 7) is 1.56. The maximum Gasteiger partial charge on any atom is 0.349 e. The molecule has 4 aromatic carbocycles. The van der Waals surface area contributed by atoms with Crippen LogP contribution in [-0.4, -0.2) is 60.5 Å². The summed E-state index contributed by atoms with van der Waals surface area (Å²) in [7, 11) is 0. The summed E-state index contributed by atoms with van der Waals surface area (Å²) in [6.07, 6.45) is 2.78. The minimum Gasteiger partial charge on any atom is -0.490 e. The van der Waals surface area contributed by atoms with E-state index in [4.69, 9.17) is 19.1 Å². The van der Waals surface area contributed by atoms with E-state index in [-0.39, 0.29) is 35.7 Å². The van der Waals surface area contributed by atoms with Crippen molar-refractivity contribution in [3.8, 4) is 11.5 Å². The third kappa shape index (κ3) is 8.84. The Bertz CT molecular complexity index is 1550. The van der Waals surface area contributed by atoms with Gasteiger partial charge < -0.3 is 19.1 Å². The second-order valence-electron chi connectivity index (χ2n) is 11.8. The van der Waals surface area contributed by atoms with Crippen LogP contribution in [0.1, 0.15) is 35.8 Å². The van der Waals surface area contributed by atoms with Crippen LogP contribution in [0.15, 0.2) is 121 Å². The molecule has 6 rings (SSSR count). The van der Waals surface area contributed by atoms with E-state index in [0.717, 1.165) is 23.3 Å². The molecule has 4 atom stereocenters. The Morgan fingerprint density at radius 3 is 1.31 bits per heavy atom. The predicted molar refractivity (Wildman–Crippen MR) is 174 cm³/mol. The molecule has 4 aromatic rings. The fourth-order valence-electron chi connectivity index (χ4n) is 6.12. The summed E-state index contributed by atoms with van der Waals surface area (Å²) in [5.74, 6) is -1.21. The highest BCUT2D eigenvalue weighted by Gasteiger charge is 2.35. The van der Waals surface area contributed by atoms with Crippen molar-refractivity contribution >= 4 is 11.9 Å². The maximum absolute atomic E-state index is 13.4. The molecule has 0 amide bonds. The topological polar surface area (TPSA) is 77.5 Å². The van der Waals surface area contributed by atoms with Crippen molar-refractivity contribution in [2.75, 3.05) is 26.2 Å². The highest BCUT2D eigenvalue weighted by molar-refractivity contribution is 5.91. The number of nitrogens with zero attached hydrogens (tertiary/aromatic N) is 2. The lowest BCUT2D eigenvalue weighted by Gasteiger charge is -2.37. The molecule has 10 heteroatoms. The summed E-state index contributed by atoms with van der Waals surface area (Å²) < 4.78 is 39.3. The van der Waals surface area contributed by atoms with Crippen molar-refractivity contribution in [2.45, 2.75) is 36.9 Å². The van der Waals surface area contributed by atoms with E-state index in [1.165, 1.54) is 24.3 Å². The van der Waals surface area contributed by atoms with Crippen molar-refractivity contribution in [1.82, 2.24) is 10.1 Å². The van der Waals surface area contributed by atoms with Crippen molar-refractivity contribution in [3.05, 3.63) is 144 Å². The number of rotatable bonds is 10. The molecule has 0 aromatic heterocycles. The van der Waals surface area contributed by atoms with Gasteiger partial charge in [-0.2, -0.15) is 0 Å². The first kappa shape index (κ1) is 32.9. The average Bonchev–Trinajstić information content (AvgIpc) is 3.11. The third-order valence-corrected chi connectivity index (χ3v) is 8.48. The first-order valence-electron chi connectivity index (χ1n) is 16.0. The van der Waals surface area contributed by atoms with Crippen molar-refractivity contribution in [2.24, 2.45) is 0 Å². The molecule has 2 heterocycles. The van der Waals surface area contributed by atoms with Crippen molar-refractivity contribution in [3.63, 3.8) is 0 Å². The average molecular weight is 655 g/mol. The Morgan fingerprint density at radius 1 is 0.562 bits per heavy atom. The van der Waals surface area contributed by atoms with Crippen molar-refractivity contribution < 1.29 is 37.5 Å². The van der Waals surface area contributed by atoms with E-state index in [2.05, 4.69) is 0 Å². The summed E-state index contributed by atoms with van der Waals surface area (Å²) in [4.78, 5) is 36.7. The van der Waals surface area contributed by atoms with Crippen LogP contribution in [0.5, 0.6) is 11.5 Å². The van der Waals surface area contributed by atoms with E-state index >= 15 is 0 Å². The zero-order chi connectivity index (χ0) is 33.3.